The Kier molecular flexibility index (Phi) is 6.48. The average molecular weight is 359 g/mol. The van der Waals surface area contributed by atoms with Crippen LogP contribution in [0.1, 0.15) is 66.7 Å². The summed E-state index contributed by atoms with van der Waals surface area (Å²) >= 11 is 0. The van der Waals surface area contributed by atoms with E-state index in [1.54, 1.807) is 0 Å². The number of benzene rings is 1. The Hall–Kier alpha value is -1.84. The fraction of sp³-hybridized carbons (Fsp3) is 0.636. The van der Waals surface area contributed by atoms with Gasteiger partial charge in [0.05, 0.1) is 0 Å². The fourth-order valence-electron chi connectivity index (χ4n) is 3.55. The molecule has 1 aliphatic rings. The number of carbonyl (C=O) groups is 2. The molecule has 0 aromatic heterocycles. The zero-order chi connectivity index (χ0) is 19.4. The normalized spacial score (nSPS) is 21.1. The van der Waals surface area contributed by atoms with Gasteiger partial charge < -0.3 is 10.6 Å². The second kappa shape index (κ2) is 8.24. The predicted octanol–water partition coefficient (Wildman–Crippen LogP) is 4.76. The SMILES string of the molecule is CC(C)(C)C(=O)NC1CCC(CC(C)(C)C(=O)Nc2ccccc2)CC1. The third kappa shape index (κ3) is 5.86. The largest absolute Gasteiger partial charge is 0.353 e. The van der Waals surface area contributed by atoms with Gasteiger partial charge in [0.2, 0.25) is 11.8 Å². The van der Waals surface area contributed by atoms with E-state index >= 15 is 0 Å². The van der Waals surface area contributed by atoms with Gasteiger partial charge in [-0.15, -0.1) is 0 Å². The van der Waals surface area contributed by atoms with Crippen molar-refractivity contribution in [3.05, 3.63) is 30.3 Å². The van der Waals surface area contributed by atoms with Crippen LogP contribution in [-0.4, -0.2) is 17.9 Å². The summed E-state index contributed by atoms with van der Waals surface area (Å²) < 4.78 is 0. The molecule has 1 aromatic carbocycles. The molecule has 0 unspecified atom stereocenters. The maximum absolute atomic E-state index is 12.7. The van der Waals surface area contributed by atoms with Gasteiger partial charge in [-0.1, -0.05) is 52.8 Å². The van der Waals surface area contributed by atoms with Crippen molar-refractivity contribution in [2.24, 2.45) is 16.7 Å². The van der Waals surface area contributed by atoms with Gasteiger partial charge in [0.1, 0.15) is 0 Å². The molecule has 0 aliphatic heterocycles. The van der Waals surface area contributed by atoms with Crippen molar-refractivity contribution < 1.29 is 9.59 Å². The minimum absolute atomic E-state index is 0.0758. The molecule has 0 heterocycles. The minimum Gasteiger partial charge on any atom is -0.353 e. The molecule has 144 valence electrons. The van der Waals surface area contributed by atoms with Gasteiger partial charge in [0.15, 0.2) is 0 Å². The molecule has 0 saturated heterocycles. The van der Waals surface area contributed by atoms with Crippen molar-refractivity contribution in [1.82, 2.24) is 5.32 Å². The standard InChI is InChI=1S/C22H34N2O2/c1-21(2,3)19(25)23-18-13-11-16(12-14-18)15-22(4,5)20(26)24-17-9-7-6-8-10-17/h6-10,16,18H,11-15H2,1-5H3,(H,23,25)(H,24,26). The van der Waals surface area contributed by atoms with Crippen LogP contribution >= 0.6 is 0 Å². The Bertz CT molecular complexity index is 609. The highest BCUT2D eigenvalue weighted by Gasteiger charge is 2.34. The summed E-state index contributed by atoms with van der Waals surface area (Å²) in [5, 5.41) is 6.21. The lowest BCUT2D eigenvalue weighted by molar-refractivity contribution is -0.129. The van der Waals surface area contributed by atoms with E-state index in [1.807, 2.05) is 65.0 Å². The van der Waals surface area contributed by atoms with Crippen LogP contribution in [0.3, 0.4) is 0 Å². The lowest BCUT2D eigenvalue weighted by Gasteiger charge is -2.34. The van der Waals surface area contributed by atoms with Gasteiger partial charge >= 0.3 is 0 Å². The Balaban J connectivity index is 1.82. The van der Waals surface area contributed by atoms with Crippen LogP contribution in [-0.2, 0) is 9.59 Å². The number of nitrogens with one attached hydrogen (secondary N) is 2. The molecule has 0 radical (unpaired) electrons. The maximum atomic E-state index is 12.7. The number of anilines is 1. The van der Waals surface area contributed by atoms with E-state index in [1.165, 1.54) is 0 Å². The molecular formula is C22H34N2O2. The van der Waals surface area contributed by atoms with E-state index in [2.05, 4.69) is 10.6 Å². The van der Waals surface area contributed by atoms with E-state index < -0.39 is 5.41 Å². The molecule has 1 fully saturated rings. The smallest absolute Gasteiger partial charge is 0.230 e. The average Bonchev–Trinajstić information content (AvgIpc) is 2.56. The lowest BCUT2D eigenvalue weighted by atomic mass is 9.75. The molecule has 0 spiro atoms. The molecule has 2 amide bonds. The summed E-state index contributed by atoms with van der Waals surface area (Å²) in [7, 11) is 0. The summed E-state index contributed by atoms with van der Waals surface area (Å²) in [4.78, 5) is 24.8. The maximum Gasteiger partial charge on any atom is 0.230 e. The fourth-order valence-corrected chi connectivity index (χ4v) is 3.55. The van der Waals surface area contributed by atoms with E-state index in [-0.39, 0.29) is 23.3 Å². The number of para-hydroxylation sites is 1. The van der Waals surface area contributed by atoms with Crippen LogP contribution in [0.15, 0.2) is 30.3 Å². The molecule has 1 saturated carbocycles. The molecule has 2 rings (SSSR count). The Morgan fingerprint density at radius 2 is 1.50 bits per heavy atom. The third-order valence-electron chi connectivity index (χ3n) is 5.31. The van der Waals surface area contributed by atoms with Crippen molar-refractivity contribution in [3.8, 4) is 0 Å². The first-order valence-corrected chi connectivity index (χ1v) is 9.75. The van der Waals surface area contributed by atoms with Crippen LogP contribution in [0.2, 0.25) is 0 Å². The summed E-state index contributed by atoms with van der Waals surface area (Å²) in [6.07, 6.45) is 5.02. The van der Waals surface area contributed by atoms with Gasteiger partial charge in [0.25, 0.3) is 0 Å². The first kappa shape index (κ1) is 20.5. The van der Waals surface area contributed by atoms with Crippen LogP contribution in [0.4, 0.5) is 5.69 Å². The molecular weight excluding hydrogens is 324 g/mol. The second-order valence-electron chi connectivity index (χ2n) is 9.35. The van der Waals surface area contributed by atoms with Crippen LogP contribution < -0.4 is 10.6 Å². The number of hydrogen-bond donors (Lipinski definition) is 2. The Morgan fingerprint density at radius 1 is 0.923 bits per heavy atom. The van der Waals surface area contributed by atoms with Crippen LogP contribution in [0.5, 0.6) is 0 Å². The quantitative estimate of drug-likeness (QED) is 0.797. The summed E-state index contributed by atoms with van der Waals surface area (Å²) in [6, 6.07) is 9.90. The highest BCUT2D eigenvalue weighted by Crippen LogP contribution is 2.35. The summed E-state index contributed by atoms with van der Waals surface area (Å²) in [5.41, 5.74) is 0.107. The lowest BCUT2D eigenvalue weighted by Crippen LogP contribution is -2.43. The molecule has 1 aliphatic carbocycles. The van der Waals surface area contributed by atoms with Crippen LogP contribution in [0, 0.1) is 16.7 Å². The first-order valence-electron chi connectivity index (χ1n) is 9.75. The van der Waals surface area contributed by atoms with Crippen molar-refractivity contribution in [1.29, 1.82) is 0 Å². The van der Waals surface area contributed by atoms with E-state index in [9.17, 15) is 9.59 Å². The molecule has 4 nitrogen and oxygen atoms in total. The number of rotatable bonds is 5. The van der Waals surface area contributed by atoms with Gasteiger partial charge in [-0.2, -0.15) is 0 Å². The zero-order valence-corrected chi connectivity index (χ0v) is 16.9. The zero-order valence-electron chi connectivity index (χ0n) is 16.9. The van der Waals surface area contributed by atoms with Crippen molar-refractivity contribution in [2.45, 2.75) is 72.8 Å². The monoisotopic (exact) mass is 358 g/mol. The van der Waals surface area contributed by atoms with E-state index in [4.69, 9.17) is 0 Å². The van der Waals surface area contributed by atoms with Gasteiger partial charge in [-0.25, -0.2) is 0 Å². The molecule has 2 N–H and O–H groups in total. The summed E-state index contributed by atoms with van der Waals surface area (Å²) in [5.74, 6) is 0.740. The first-order chi connectivity index (χ1) is 12.1. The Labute approximate surface area is 158 Å². The van der Waals surface area contributed by atoms with Crippen molar-refractivity contribution in [2.75, 3.05) is 5.32 Å². The highest BCUT2D eigenvalue weighted by molar-refractivity contribution is 5.94. The van der Waals surface area contributed by atoms with Gasteiger partial charge in [0, 0.05) is 22.6 Å². The third-order valence-corrected chi connectivity index (χ3v) is 5.31. The highest BCUT2D eigenvalue weighted by atomic mass is 16.2. The molecule has 1 aromatic rings. The van der Waals surface area contributed by atoms with Crippen molar-refractivity contribution in [3.63, 3.8) is 0 Å². The topological polar surface area (TPSA) is 58.2 Å². The molecule has 0 bridgehead atoms. The van der Waals surface area contributed by atoms with Gasteiger partial charge in [-0.3, -0.25) is 9.59 Å². The molecule has 0 atom stereocenters. The number of carbonyl (C=O) groups excluding carboxylic acids is 2. The van der Waals surface area contributed by atoms with Crippen molar-refractivity contribution >= 4 is 17.5 Å². The summed E-state index contributed by atoms with van der Waals surface area (Å²) in [6.45, 7) is 9.89. The number of amides is 2. The molecule has 26 heavy (non-hydrogen) atoms. The molecule has 4 heteroatoms. The van der Waals surface area contributed by atoms with Gasteiger partial charge in [-0.05, 0) is 50.2 Å². The van der Waals surface area contributed by atoms with E-state index in [0.717, 1.165) is 37.8 Å². The van der Waals surface area contributed by atoms with E-state index in [0.29, 0.717) is 5.92 Å². The predicted molar refractivity (Wildman–Crippen MR) is 107 cm³/mol. The van der Waals surface area contributed by atoms with Crippen LogP contribution in [0.25, 0.3) is 0 Å². The second-order valence-corrected chi connectivity index (χ2v) is 9.35. The Morgan fingerprint density at radius 3 is 2.04 bits per heavy atom. The minimum atomic E-state index is -0.401. The number of hydrogen-bond acceptors (Lipinski definition) is 2.